The Labute approximate surface area is 137 Å². The van der Waals surface area contributed by atoms with Gasteiger partial charge in [0, 0.05) is 17.8 Å². The van der Waals surface area contributed by atoms with Crippen LogP contribution < -0.4 is 11.1 Å². The fourth-order valence-corrected chi connectivity index (χ4v) is 3.71. The summed E-state index contributed by atoms with van der Waals surface area (Å²) in [6.45, 7) is 2.82. The number of thiazole rings is 1. The Morgan fingerprint density at radius 3 is 2.76 bits per heavy atom. The van der Waals surface area contributed by atoms with E-state index in [1.165, 1.54) is 37.0 Å². The summed E-state index contributed by atoms with van der Waals surface area (Å²) in [5, 5.41) is 5.91. The second kappa shape index (κ2) is 9.38. The van der Waals surface area contributed by atoms with E-state index in [1.807, 2.05) is 5.38 Å². The number of carbonyl (C=O) groups excluding carboxylic acids is 1. The molecule has 0 aromatic carbocycles. The van der Waals surface area contributed by atoms with Gasteiger partial charge in [0.25, 0.3) is 5.91 Å². The topological polar surface area (TPSA) is 68.0 Å². The Morgan fingerprint density at radius 1 is 1.43 bits per heavy atom. The minimum Gasteiger partial charge on any atom is -0.348 e. The second-order valence-corrected chi connectivity index (χ2v) is 6.59. The van der Waals surface area contributed by atoms with Gasteiger partial charge in [0.15, 0.2) is 0 Å². The van der Waals surface area contributed by atoms with E-state index in [-0.39, 0.29) is 18.3 Å². The molecule has 21 heavy (non-hydrogen) atoms. The molecule has 0 spiro atoms. The van der Waals surface area contributed by atoms with Gasteiger partial charge in [-0.3, -0.25) is 4.79 Å². The van der Waals surface area contributed by atoms with Crippen molar-refractivity contribution in [1.29, 1.82) is 0 Å². The molecule has 1 heterocycles. The van der Waals surface area contributed by atoms with Gasteiger partial charge in [0.1, 0.15) is 5.69 Å². The number of amides is 1. The molecule has 1 aliphatic carbocycles. The predicted molar refractivity (Wildman–Crippen MR) is 90.2 cm³/mol. The van der Waals surface area contributed by atoms with E-state index in [0.29, 0.717) is 18.3 Å². The minimum absolute atomic E-state index is 0. The second-order valence-electron chi connectivity index (χ2n) is 5.64. The lowest BCUT2D eigenvalue weighted by Crippen LogP contribution is -2.37. The molecular weight excluding hydrogens is 306 g/mol. The highest BCUT2D eigenvalue weighted by atomic mass is 35.5. The van der Waals surface area contributed by atoms with Gasteiger partial charge in [-0.25, -0.2) is 4.98 Å². The highest BCUT2D eigenvalue weighted by molar-refractivity contribution is 7.09. The van der Waals surface area contributed by atoms with Crippen LogP contribution in [-0.4, -0.2) is 23.5 Å². The summed E-state index contributed by atoms with van der Waals surface area (Å²) in [6.07, 6.45) is 8.05. The number of aromatic nitrogens is 1. The van der Waals surface area contributed by atoms with E-state index in [4.69, 9.17) is 5.73 Å². The van der Waals surface area contributed by atoms with Crippen molar-refractivity contribution >= 4 is 29.7 Å². The molecule has 3 N–H and O–H groups in total. The summed E-state index contributed by atoms with van der Waals surface area (Å²) in [5.41, 5.74) is 6.05. The first-order valence-corrected chi connectivity index (χ1v) is 8.56. The van der Waals surface area contributed by atoms with Crippen molar-refractivity contribution in [2.45, 2.75) is 57.9 Å². The lowest BCUT2D eigenvalue weighted by atomic mass is 9.83. The van der Waals surface area contributed by atoms with Crippen molar-refractivity contribution < 1.29 is 4.79 Å². The van der Waals surface area contributed by atoms with E-state index in [9.17, 15) is 4.79 Å². The van der Waals surface area contributed by atoms with Crippen molar-refractivity contribution in [2.24, 2.45) is 11.7 Å². The lowest BCUT2D eigenvalue weighted by Gasteiger charge is -2.28. The molecule has 0 saturated heterocycles. The zero-order chi connectivity index (χ0) is 14.4. The monoisotopic (exact) mass is 331 g/mol. The maximum atomic E-state index is 12.1. The van der Waals surface area contributed by atoms with Crippen molar-refractivity contribution in [1.82, 2.24) is 10.3 Å². The van der Waals surface area contributed by atoms with Gasteiger partial charge >= 0.3 is 0 Å². The molecule has 1 fully saturated rings. The normalized spacial score (nSPS) is 21.6. The third kappa shape index (κ3) is 5.57. The largest absolute Gasteiger partial charge is 0.348 e. The summed E-state index contributed by atoms with van der Waals surface area (Å²) >= 11 is 1.52. The highest BCUT2D eigenvalue weighted by Gasteiger charge is 2.22. The Hall–Kier alpha value is -0.650. The number of hydrogen-bond donors (Lipinski definition) is 2. The Kier molecular flexibility index (Phi) is 8.22. The van der Waals surface area contributed by atoms with Crippen LogP contribution in [0.15, 0.2) is 5.38 Å². The minimum atomic E-state index is -0.0246. The molecule has 0 radical (unpaired) electrons. The van der Waals surface area contributed by atoms with E-state index in [1.54, 1.807) is 0 Å². The van der Waals surface area contributed by atoms with Crippen LogP contribution in [0.3, 0.4) is 0 Å². The van der Waals surface area contributed by atoms with Crippen LogP contribution in [0.5, 0.6) is 0 Å². The number of nitrogens with one attached hydrogen (secondary N) is 1. The zero-order valence-electron chi connectivity index (χ0n) is 12.6. The Bertz CT molecular complexity index is 430. The quantitative estimate of drug-likeness (QED) is 0.841. The van der Waals surface area contributed by atoms with Crippen molar-refractivity contribution in [3.05, 3.63) is 16.1 Å². The van der Waals surface area contributed by atoms with Gasteiger partial charge in [-0.05, 0) is 38.1 Å². The standard InChI is InChI=1S/C15H25N3OS.ClH/c1-2-3-11-4-6-12(7-5-11)17-15(19)13-10-20-14(18-13)8-9-16;/h10-12H,2-9,16H2,1H3,(H,17,19);1H. The van der Waals surface area contributed by atoms with Crippen molar-refractivity contribution in [3.8, 4) is 0 Å². The van der Waals surface area contributed by atoms with Gasteiger partial charge in [0.2, 0.25) is 0 Å². The van der Waals surface area contributed by atoms with Crippen LogP contribution in [0, 0.1) is 5.92 Å². The number of nitrogens with two attached hydrogens (primary N) is 1. The summed E-state index contributed by atoms with van der Waals surface area (Å²) < 4.78 is 0. The van der Waals surface area contributed by atoms with Crippen LogP contribution in [0.25, 0.3) is 0 Å². The molecular formula is C15H26ClN3OS. The van der Waals surface area contributed by atoms with E-state index in [2.05, 4.69) is 17.2 Å². The lowest BCUT2D eigenvalue weighted by molar-refractivity contribution is 0.0916. The van der Waals surface area contributed by atoms with Crippen LogP contribution >= 0.6 is 23.7 Å². The average molecular weight is 332 g/mol. The van der Waals surface area contributed by atoms with Crippen LogP contribution in [0.1, 0.15) is 60.9 Å². The third-order valence-corrected chi connectivity index (χ3v) is 4.93. The summed E-state index contributed by atoms with van der Waals surface area (Å²) in [7, 11) is 0. The zero-order valence-corrected chi connectivity index (χ0v) is 14.3. The first-order chi connectivity index (χ1) is 9.72. The predicted octanol–water partition coefficient (Wildman–Crippen LogP) is 3.15. The fraction of sp³-hybridized carbons (Fsp3) is 0.733. The van der Waals surface area contributed by atoms with E-state index in [0.717, 1.165) is 30.2 Å². The summed E-state index contributed by atoms with van der Waals surface area (Å²) in [4.78, 5) is 16.5. The van der Waals surface area contributed by atoms with Crippen molar-refractivity contribution in [3.63, 3.8) is 0 Å². The molecule has 2 rings (SSSR count). The molecule has 120 valence electrons. The first-order valence-electron chi connectivity index (χ1n) is 7.68. The highest BCUT2D eigenvalue weighted by Crippen LogP contribution is 2.27. The Balaban J connectivity index is 0.00000220. The molecule has 4 nitrogen and oxygen atoms in total. The molecule has 0 bridgehead atoms. The van der Waals surface area contributed by atoms with Gasteiger partial charge in [0.05, 0.1) is 5.01 Å². The number of hydrogen-bond acceptors (Lipinski definition) is 4. The van der Waals surface area contributed by atoms with Crippen LogP contribution in [0.2, 0.25) is 0 Å². The molecule has 6 heteroatoms. The molecule has 1 aliphatic rings. The smallest absolute Gasteiger partial charge is 0.270 e. The summed E-state index contributed by atoms with van der Waals surface area (Å²) in [6, 6.07) is 0.329. The summed E-state index contributed by atoms with van der Waals surface area (Å²) in [5.74, 6) is 0.840. The molecule has 0 aliphatic heterocycles. The molecule has 0 atom stereocenters. The van der Waals surface area contributed by atoms with Crippen LogP contribution in [0.4, 0.5) is 0 Å². The number of halogens is 1. The molecule has 1 aromatic heterocycles. The molecule has 1 amide bonds. The van der Waals surface area contributed by atoms with Gasteiger partial charge in [-0.1, -0.05) is 19.8 Å². The van der Waals surface area contributed by atoms with E-state index >= 15 is 0 Å². The molecule has 1 saturated carbocycles. The van der Waals surface area contributed by atoms with Crippen LogP contribution in [-0.2, 0) is 6.42 Å². The first kappa shape index (κ1) is 18.4. The molecule has 1 aromatic rings. The Morgan fingerprint density at radius 2 is 2.14 bits per heavy atom. The number of rotatable bonds is 6. The maximum Gasteiger partial charge on any atom is 0.270 e. The number of nitrogens with zero attached hydrogens (tertiary/aromatic N) is 1. The van der Waals surface area contributed by atoms with Crippen molar-refractivity contribution in [2.75, 3.05) is 6.54 Å². The van der Waals surface area contributed by atoms with E-state index < -0.39 is 0 Å². The maximum absolute atomic E-state index is 12.1. The van der Waals surface area contributed by atoms with Gasteiger partial charge in [-0.15, -0.1) is 23.7 Å². The SMILES string of the molecule is CCCC1CCC(NC(=O)c2csc(CCN)n2)CC1.Cl. The van der Waals surface area contributed by atoms with Gasteiger partial charge in [-0.2, -0.15) is 0 Å². The third-order valence-electron chi connectivity index (χ3n) is 4.02. The number of carbonyl (C=O) groups is 1. The fourth-order valence-electron chi connectivity index (χ4n) is 2.92. The van der Waals surface area contributed by atoms with Gasteiger partial charge < -0.3 is 11.1 Å². The average Bonchev–Trinajstić information content (AvgIpc) is 2.90. The molecule has 0 unspecified atom stereocenters.